The summed E-state index contributed by atoms with van der Waals surface area (Å²) < 4.78 is 29.9. The van der Waals surface area contributed by atoms with Gasteiger partial charge in [-0.2, -0.15) is 0 Å². The van der Waals surface area contributed by atoms with E-state index in [4.69, 9.17) is 23.7 Å². The molecule has 2 atom stereocenters. The maximum Gasteiger partial charge on any atom is 0.0884 e. The lowest BCUT2D eigenvalue weighted by Crippen LogP contribution is -2.35. The molecule has 0 aliphatic rings. The molecular formula is C30H54O5. The summed E-state index contributed by atoms with van der Waals surface area (Å²) in [6, 6.07) is 4.46. The Bertz CT molecular complexity index is 698. The maximum absolute atomic E-state index is 6.20. The Morgan fingerprint density at radius 1 is 0.800 bits per heavy atom. The Kier molecular flexibility index (Phi) is 15.3. The first kappa shape index (κ1) is 32.0. The van der Waals surface area contributed by atoms with Gasteiger partial charge in [-0.15, -0.1) is 0 Å². The highest BCUT2D eigenvalue weighted by atomic mass is 16.5. The molecule has 0 aliphatic heterocycles. The third-order valence-corrected chi connectivity index (χ3v) is 6.83. The molecule has 0 spiro atoms. The summed E-state index contributed by atoms with van der Waals surface area (Å²) in [6.45, 7) is 21.0. The van der Waals surface area contributed by atoms with Gasteiger partial charge in [-0.05, 0) is 82.6 Å². The minimum atomic E-state index is -0.284. The molecule has 0 heterocycles. The van der Waals surface area contributed by atoms with Gasteiger partial charge in [0.2, 0.25) is 0 Å². The van der Waals surface area contributed by atoms with Gasteiger partial charge in [-0.3, -0.25) is 0 Å². The molecule has 204 valence electrons. The van der Waals surface area contributed by atoms with Crippen LogP contribution in [0, 0.1) is 13.8 Å². The van der Waals surface area contributed by atoms with E-state index in [1.807, 2.05) is 0 Å². The van der Waals surface area contributed by atoms with Gasteiger partial charge < -0.3 is 23.7 Å². The van der Waals surface area contributed by atoms with E-state index < -0.39 is 0 Å². The predicted octanol–water partition coefficient (Wildman–Crippen LogP) is 7.32. The molecule has 2 unspecified atom stereocenters. The number of methoxy groups -OCH3 is 1. The second-order valence-electron chi connectivity index (χ2n) is 10.7. The van der Waals surface area contributed by atoms with Crippen LogP contribution in [0.4, 0.5) is 0 Å². The number of unbranched alkanes of at least 4 members (excludes halogenated alkanes) is 2. The van der Waals surface area contributed by atoms with Gasteiger partial charge in [0, 0.05) is 20.3 Å². The lowest BCUT2D eigenvalue weighted by atomic mass is 10.0. The Morgan fingerprint density at radius 3 is 1.91 bits per heavy atom. The van der Waals surface area contributed by atoms with Crippen molar-refractivity contribution in [3.8, 4) is 0 Å². The molecule has 5 heteroatoms. The van der Waals surface area contributed by atoms with E-state index in [-0.39, 0.29) is 17.3 Å². The Hall–Kier alpha value is -0.980. The molecule has 5 nitrogen and oxygen atoms in total. The van der Waals surface area contributed by atoms with E-state index in [2.05, 4.69) is 67.5 Å². The molecule has 0 bridgehead atoms. The second-order valence-corrected chi connectivity index (χ2v) is 10.7. The molecule has 0 radical (unpaired) electrons. The first-order valence-electron chi connectivity index (χ1n) is 13.6. The van der Waals surface area contributed by atoms with Gasteiger partial charge in [0.05, 0.1) is 43.7 Å². The summed E-state index contributed by atoms with van der Waals surface area (Å²) in [4.78, 5) is 0. The van der Waals surface area contributed by atoms with Crippen LogP contribution in [0.1, 0.15) is 102 Å². The molecule has 0 saturated carbocycles. The largest absolute Gasteiger partial charge is 0.381 e. The van der Waals surface area contributed by atoms with Crippen LogP contribution >= 0.6 is 0 Å². The van der Waals surface area contributed by atoms with Crippen molar-refractivity contribution < 1.29 is 23.7 Å². The van der Waals surface area contributed by atoms with Gasteiger partial charge >= 0.3 is 0 Å². The molecule has 0 amide bonds. The molecule has 0 N–H and O–H groups in total. The van der Waals surface area contributed by atoms with Crippen LogP contribution in [-0.2, 0) is 36.9 Å². The van der Waals surface area contributed by atoms with Crippen LogP contribution in [0.5, 0.6) is 0 Å². The molecule has 0 saturated heterocycles. The predicted molar refractivity (Wildman–Crippen MR) is 145 cm³/mol. The maximum atomic E-state index is 6.20. The average Bonchev–Trinajstić information content (AvgIpc) is 2.82. The molecule has 0 aliphatic carbocycles. The molecule has 1 rings (SSSR count). The zero-order valence-electron chi connectivity index (χ0n) is 24.3. The van der Waals surface area contributed by atoms with Crippen LogP contribution in [0.2, 0.25) is 0 Å². The number of ether oxygens (including phenoxy) is 5. The van der Waals surface area contributed by atoms with Gasteiger partial charge in [0.25, 0.3) is 0 Å². The highest BCUT2D eigenvalue weighted by molar-refractivity contribution is 5.36. The SMILES string of the molecule is CCCCCOC(C)(C)COCc1cc(C)c(COCC(C)(CC)OCCC(CC)OC)cc1C. The molecular weight excluding hydrogens is 440 g/mol. The Morgan fingerprint density at radius 2 is 1.40 bits per heavy atom. The lowest BCUT2D eigenvalue weighted by molar-refractivity contribution is -0.0997. The number of hydrogen-bond donors (Lipinski definition) is 0. The van der Waals surface area contributed by atoms with E-state index in [1.165, 1.54) is 35.1 Å². The Labute approximate surface area is 216 Å². The van der Waals surface area contributed by atoms with Gasteiger partial charge in [-0.25, -0.2) is 0 Å². The summed E-state index contributed by atoms with van der Waals surface area (Å²) in [7, 11) is 1.77. The smallest absolute Gasteiger partial charge is 0.0884 e. The fraction of sp³-hybridized carbons (Fsp3) is 0.800. The summed E-state index contributed by atoms with van der Waals surface area (Å²) in [5.41, 5.74) is 4.35. The minimum Gasteiger partial charge on any atom is -0.381 e. The highest BCUT2D eigenvalue weighted by Crippen LogP contribution is 2.22. The van der Waals surface area contributed by atoms with Gasteiger partial charge in [-0.1, -0.05) is 45.7 Å². The summed E-state index contributed by atoms with van der Waals surface area (Å²) in [5, 5.41) is 0. The number of aryl methyl sites for hydroxylation is 2. The van der Waals surface area contributed by atoms with Gasteiger partial charge in [0.15, 0.2) is 0 Å². The van der Waals surface area contributed by atoms with Crippen molar-refractivity contribution >= 4 is 0 Å². The van der Waals surface area contributed by atoms with Crippen LogP contribution in [-0.4, -0.2) is 50.8 Å². The van der Waals surface area contributed by atoms with Crippen molar-refractivity contribution in [1.82, 2.24) is 0 Å². The average molecular weight is 495 g/mol. The first-order chi connectivity index (χ1) is 16.6. The fourth-order valence-corrected chi connectivity index (χ4v) is 3.94. The normalized spacial score (nSPS) is 14.8. The van der Waals surface area contributed by atoms with Crippen molar-refractivity contribution in [1.29, 1.82) is 0 Å². The van der Waals surface area contributed by atoms with E-state index >= 15 is 0 Å². The summed E-state index contributed by atoms with van der Waals surface area (Å²) >= 11 is 0. The molecule has 0 aromatic heterocycles. The number of hydrogen-bond acceptors (Lipinski definition) is 5. The third-order valence-electron chi connectivity index (χ3n) is 6.83. The topological polar surface area (TPSA) is 46.2 Å². The Balaban J connectivity index is 2.53. The molecule has 35 heavy (non-hydrogen) atoms. The zero-order chi connectivity index (χ0) is 26.3. The van der Waals surface area contributed by atoms with Crippen molar-refractivity contribution in [2.75, 3.05) is 33.5 Å². The fourth-order valence-electron chi connectivity index (χ4n) is 3.94. The van der Waals surface area contributed by atoms with Crippen LogP contribution in [0.15, 0.2) is 12.1 Å². The molecule has 1 aromatic carbocycles. The monoisotopic (exact) mass is 494 g/mol. The van der Waals surface area contributed by atoms with Crippen LogP contribution < -0.4 is 0 Å². The third kappa shape index (κ3) is 12.7. The quantitative estimate of drug-likeness (QED) is 0.178. The van der Waals surface area contributed by atoms with E-state index in [0.717, 1.165) is 32.3 Å². The van der Waals surface area contributed by atoms with Crippen LogP contribution in [0.3, 0.4) is 0 Å². The second kappa shape index (κ2) is 16.7. The summed E-state index contributed by atoms with van der Waals surface area (Å²) in [5.74, 6) is 0. The number of benzene rings is 1. The highest BCUT2D eigenvalue weighted by Gasteiger charge is 2.24. The molecule has 0 fully saturated rings. The lowest BCUT2D eigenvalue weighted by Gasteiger charge is -2.29. The van der Waals surface area contributed by atoms with E-state index in [9.17, 15) is 0 Å². The molecule has 1 aromatic rings. The van der Waals surface area contributed by atoms with Crippen LogP contribution in [0.25, 0.3) is 0 Å². The van der Waals surface area contributed by atoms with Crippen molar-refractivity contribution in [3.05, 3.63) is 34.4 Å². The van der Waals surface area contributed by atoms with Crippen molar-refractivity contribution in [3.63, 3.8) is 0 Å². The summed E-state index contributed by atoms with van der Waals surface area (Å²) in [6.07, 6.45) is 6.61. The standard InChI is InChI=1S/C30H54O5/c1-10-13-14-16-34-29(6,7)22-32-20-26-18-25(5)27(19-24(26)4)21-33-23-30(8,12-3)35-17-15-28(11-2)31-9/h18-19,28H,10-17,20-23H2,1-9H3. The van der Waals surface area contributed by atoms with E-state index in [0.29, 0.717) is 33.0 Å². The first-order valence-corrected chi connectivity index (χ1v) is 13.6. The van der Waals surface area contributed by atoms with Crippen molar-refractivity contribution in [2.45, 2.75) is 124 Å². The minimum absolute atomic E-state index is 0.259. The van der Waals surface area contributed by atoms with E-state index in [1.54, 1.807) is 7.11 Å². The van der Waals surface area contributed by atoms with Gasteiger partial charge in [0.1, 0.15) is 0 Å². The van der Waals surface area contributed by atoms with Crippen molar-refractivity contribution in [2.24, 2.45) is 0 Å². The number of rotatable bonds is 20. The zero-order valence-corrected chi connectivity index (χ0v) is 24.3.